The zero-order valence-corrected chi connectivity index (χ0v) is 12.2. The minimum absolute atomic E-state index is 0.00623. The maximum Gasteiger partial charge on any atom is 0.231 e. The molecule has 0 saturated heterocycles. The van der Waals surface area contributed by atoms with Crippen LogP contribution in [0.15, 0.2) is 18.2 Å². The van der Waals surface area contributed by atoms with Gasteiger partial charge in [0.1, 0.15) is 5.75 Å². The van der Waals surface area contributed by atoms with Gasteiger partial charge in [-0.15, -0.1) is 0 Å². The van der Waals surface area contributed by atoms with Crippen molar-refractivity contribution in [2.75, 3.05) is 19.0 Å². The van der Waals surface area contributed by atoms with Gasteiger partial charge < -0.3 is 15.8 Å². The van der Waals surface area contributed by atoms with Crippen molar-refractivity contribution < 1.29 is 9.53 Å². The molecule has 1 amide bonds. The van der Waals surface area contributed by atoms with Gasteiger partial charge in [0.25, 0.3) is 0 Å². The van der Waals surface area contributed by atoms with Gasteiger partial charge in [-0.2, -0.15) is 0 Å². The number of benzene rings is 1. The van der Waals surface area contributed by atoms with E-state index in [1.165, 1.54) is 0 Å². The lowest BCUT2D eigenvalue weighted by atomic mass is 9.81. The van der Waals surface area contributed by atoms with Crippen LogP contribution in [0.25, 0.3) is 0 Å². The highest BCUT2D eigenvalue weighted by atomic mass is 16.5. The Balaban J connectivity index is 2.93. The third-order valence-corrected chi connectivity index (χ3v) is 3.91. The predicted molar refractivity (Wildman–Crippen MR) is 78.4 cm³/mol. The Morgan fingerprint density at radius 2 is 2.00 bits per heavy atom. The maximum absolute atomic E-state index is 12.4. The molecule has 4 heteroatoms. The Labute approximate surface area is 115 Å². The molecular weight excluding hydrogens is 240 g/mol. The molecule has 0 heterocycles. The summed E-state index contributed by atoms with van der Waals surface area (Å²) in [5, 5.41) is 2.98. The molecule has 0 saturated carbocycles. The molecule has 0 aliphatic carbocycles. The lowest BCUT2D eigenvalue weighted by molar-refractivity contribution is -0.125. The molecule has 0 unspecified atom stereocenters. The number of anilines is 1. The molecule has 1 aromatic carbocycles. The van der Waals surface area contributed by atoms with E-state index in [1.807, 2.05) is 39.0 Å². The number of carbonyl (C=O) groups is 1. The Bertz CT molecular complexity index is 432. The van der Waals surface area contributed by atoms with E-state index in [0.29, 0.717) is 6.54 Å². The summed E-state index contributed by atoms with van der Waals surface area (Å²) in [6.45, 7) is 6.30. The molecule has 0 spiro atoms. The summed E-state index contributed by atoms with van der Waals surface area (Å²) < 4.78 is 5.15. The first-order valence-corrected chi connectivity index (χ1v) is 6.69. The van der Waals surface area contributed by atoms with Crippen LogP contribution in [-0.4, -0.2) is 19.6 Å². The number of rotatable bonds is 6. The molecule has 3 N–H and O–H groups in total. The number of ether oxygens (including phenoxy) is 1. The van der Waals surface area contributed by atoms with E-state index in [-0.39, 0.29) is 5.91 Å². The first-order valence-electron chi connectivity index (χ1n) is 6.69. The summed E-state index contributed by atoms with van der Waals surface area (Å²) in [6.07, 6.45) is 1.47. The second-order valence-electron chi connectivity index (χ2n) is 4.83. The molecule has 4 nitrogen and oxygen atoms in total. The molecular formula is C15H24N2O2. The molecule has 106 valence electrons. The smallest absolute Gasteiger partial charge is 0.231 e. The van der Waals surface area contributed by atoms with E-state index in [9.17, 15) is 4.79 Å². The fourth-order valence-corrected chi connectivity index (χ4v) is 2.11. The Hall–Kier alpha value is -1.55. The molecule has 1 rings (SSSR count). The largest absolute Gasteiger partial charge is 0.497 e. The van der Waals surface area contributed by atoms with Crippen LogP contribution in [0.3, 0.4) is 0 Å². The lowest BCUT2D eigenvalue weighted by Gasteiger charge is -2.28. The average Bonchev–Trinajstić information content (AvgIpc) is 2.43. The Kier molecular flexibility index (Phi) is 5.36. The van der Waals surface area contributed by atoms with Crippen LogP contribution in [-0.2, 0) is 4.79 Å². The molecule has 0 aliphatic rings. The van der Waals surface area contributed by atoms with E-state index >= 15 is 0 Å². The normalized spacial score (nSPS) is 11.2. The van der Waals surface area contributed by atoms with Crippen LogP contribution in [0.4, 0.5) is 5.69 Å². The number of hydrogen-bond donors (Lipinski definition) is 2. The molecule has 0 aromatic heterocycles. The van der Waals surface area contributed by atoms with E-state index < -0.39 is 5.41 Å². The summed E-state index contributed by atoms with van der Waals surface area (Å²) in [7, 11) is 1.63. The van der Waals surface area contributed by atoms with Crippen molar-refractivity contribution in [3.05, 3.63) is 23.8 Å². The van der Waals surface area contributed by atoms with Gasteiger partial charge in [0, 0.05) is 12.2 Å². The molecule has 1 aromatic rings. The number of hydrogen-bond acceptors (Lipinski definition) is 3. The zero-order chi connectivity index (χ0) is 14.5. The van der Waals surface area contributed by atoms with E-state index in [1.54, 1.807) is 7.11 Å². The number of carbonyl (C=O) groups excluding carboxylic acids is 1. The van der Waals surface area contributed by atoms with Gasteiger partial charge in [-0.1, -0.05) is 13.8 Å². The van der Waals surface area contributed by atoms with Crippen LogP contribution in [0, 0.1) is 12.3 Å². The fourth-order valence-electron chi connectivity index (χ4n) is 2.11. The van der Waals surface area contributed by atoms with Gasteiger partial charge in [-0.3, -0.25) is 4.79 Å². The summed E-state index contributed by atoms with van der Waals surface area (Å²) in [4.78, 5) is 12.4. The molecule has 0 fully saturated rings. The van der Waals surface area contributed by atoms with Gasteiger partial charge in [0.05, 0.1) is 12.5 Å². The Morgan fingerprint density at radius 1 is 1.37 bits per heavy atom. The van der Waals surface area contributed by atoms with Crippen molar-refractivity contribution >= 4 is 11.6 Å². The van der Waals surface area contributed by atoms with Crippen molar-refractivity contribution in [1.29, 1.82) is 0 Å². The standard InChI is InChI=1S/C15H24N2O2/c1-5-15(6-2,10-16)14(18)17-13-8-7-12(19-4)9-11(13)3/h7-9H,5-6,10,16H2,1-4H3,(H,17,18). The summed E-state index contributed by atoms with van der Waals surface area (Å²) in [5.41, 5.74) is 7.09. The second-order valence-corrected chi connectivity index (χ2v) is 4.83. The number of aryl methyl sites for hydroxylation is 1. The van der Waals surface area contributed by atoms with Gasteiger partial charge >= 0.3 is 0 Å². The first kappa shape index (κ1) is 15.5. The van der Waals surface area contributed by atoms with Crippen LogP contribution < -0.4 is 15.8 Å². The van der Waals surface area contributed by atoms with Gasteiger partial charge in [-0.25, -0.2) is 0 Å². The van der Waals surface area contributed by atoms with Crippen molar-refractivity contribution in [3.8, 4) is 5.75 Å². The van der Waals surface area contributed by atoms with Crippen LogP contribution in [0.1, 0.15) is 32.3 Å². The first-order chi connectivity index (χ1) is 9.02. The minimum atomic E-state index is -0.480. The van der Waals surface area contributed by atoms with E-state index in [2.05, 4.69) is 5.32 Å². The van der Waals surface area contributed by atoms with E-state index in [0.717, 1.165) is 29.8 Å². The number of nitrogens with one attached hydrogen (secondary N) is 1. The van der Waals surface area contributed by atoms with Crippen molar-refractivity contribution in [2.45, 2.75) is 33.6 Å². The molecule has 19 heavy (non-hydrogen) atoms. The summed E-state index contributed by atoms with van der Waals surface area (Å²) in [5.74, 6) is 0.778. The second kappa shape index (κ2) is 6.57. The predicted octanol–water partition coefficient (Wildman–Crippen LogP) is 2.71. The fraction of sp³-hybridized carbons (Fsp3) is 0.533. The van der Waals surface area contributed by atoms with Gasteiger partial charge in [0.2, 0.25) is 5.91 Å². The topological polar surface area (TPSA) is 64.4 Å². The Morgan fingerprint density at radius 3 is 2.42 bits per heavy atom. The number of amides is 1. The summed E-state index contributed by atoms with van der Waals surface area (Å²) in [6, 6.07) is 5.60. The monoisotopic (exact) mass is 264 g/mol. The SMILES string of the molecule is CCC(CC)(CN)C(=O)Nc1ccc(OC)cc1C. The number of methoxy groups -OCH3 is 1. The van der Waals surface area contributed by atoms with Gasteiger partial charge in [-0.05, 0) is 43.5 Å². The van der Waals surface area contributed by atoms with E-state index in [4.69, 9.17) is 10.5 Å². The molecule has 0 radical (unpaired) electrons. The quantitative estimate of drug-likeness (QED) is 0.830. The van der Waals surface area contributed by atoms with Crippen LogP contribution in [0.5, 0.6) is 5.75 Å². The van der Waals surface area contributed by atoms with Gasteiger partial charge in [0.15, 0.2) is 0 Å². The molecule has 0 bridgehead atoms. The highest BCUT2D eigenvalue weighted by Crippen LogP contribution is 2.28. The molecule has 0 atom stereocenters. The van der Waals surface area contributed by atoms with Crippen molar-refractivity contribution in [2.24, 2.45) is 11.1 Å². The van der Waals surface area contributed by atoms with Crippen molar-refractivity contribution in [3.63, 3.8) is 0 Å². The summed E-state index contributed by atoms with van der Waals surface area (Å²) >= 11 is 0. The zero-order valence-electron chi connectivity index (χ0n) is 12.2. The maximum atomic E-state index is 12.4. The molecule has 0 aliphatic heterocycles. The minimum Gasteiger partial charge on any atom is -0.497 e. The average molecular weight is 264 g/mol. The highest BCUT2D eigenvalue weighted by molar-refractivity contribution is 5.96. The third-order valence-electron chi connectivity index (χ3n) is 3.91. The number of nitrogens with two attached hydrogens (primary N) is 1. The van der Waals surface area contributed by atoms with Crippen LogP contribution in [0.2, 0.25) is 0 Å². The third kappa shape index (κ3) is 3.26. The lowest BCUT2D eigenvalue weighted by Crippen LogP contribution is -2.41. The van der Waals surface area contributed by atoms with Crippen molar-refractivity contribution in [1.82, 2.24) is 0 Å². The van der Waals surface area contributed by atoms with Crippen LogP contribution >= 0.6 is 0 Å². The highest BCUT2D eigenvalue weighted by Gasteiger charge is 2.33.